The smallest absolute Gasteiger partial charge is 0.455 e. The fraction of sp³-hybridized carbons (Fsp3) is 0.294. The van der Waals surface area contributed by atoms with E-state index < -0.39 is 32.8 Å². The molecular weight excluding hydrogens is 385 g/mol. The summed E-state index contributed by atoms with van der Waals surface area (Å²) in [5.41, 5.74) is -4.94. The van der Waals surface area contributed by atoms with Gasteiger partial charge >= 0.3 is 5.51 Å². The minimum Gasteiger partial charge on any atom is -0.455 e. The van der Waals surface area contributed by atoms with Crippen LogP contribution in [0, 0.1) is 11.3 Å². The van der Waals surface area contributed by atoms with Gasteiger partial charge in [-0.25, -0.2) is 8.42 Å². The van der Waals surface area contributed by atoms with Gasteiger partial charge in [-0.15, -0.1) is 0 Å². The summed E-state index contributed by atoms with van der Waals surface area (Å²) in [6, 6.07) is 3.22. The zero-order valence-electron chi connectivity index (χ0n) is 13.9. The average Bonchev–Trinajstić information content (AvgIpc) is 2.66. The van der Waals surface area contributed by atoms with Crippen LogP contribution in [0.15, 0.2) is 53.4 Å². The molecule has 1 heterocycles. The number of nitrogens with zero attached hydrogens (tertiary/aromatic N) is 2. The van der Waals surface area contributed by atoms with Gasteiger partial charge in [0.2, 0.25) is 0 Å². The molecule has 10 heteroatoms. The van der Waals surface area contributed by atoms with E-state index in [0.29, 0.717) is 5.57 Å². The molecule has 1 N–H and O–H groups in total. The number of halogens is 3. The number of alkyl halides is 3. The third-order valence-electron chi connectivity index (χ3n) is 3.71. The number of hydrogen-bond acceptors (Lipinski definition) is 6. The van der Waals surface area contributed by atoms with Crippen molar-refractivity contribution in [3.63, 3.8) is 0 Å². The van der Waals surface area contributed by atoms with Crippen molar-refractivity contribution in [2.45, 2.75) is 30.9 Å². The Labute approximate surface area is 153 Å². The first-order valence-electron chi connectivity index (χ1n) is 7.66. The Hall–Kier alpha value is -2.64. The topological polar surface area (TPSA) is 100 Å². The second-order valence-electron chi connectivity index (χ2n) is 5.74. The predicted molar refractivity (Wildman–Crippen MR) is 89.7 cm³/mol. The summed E-state index contributed by atoms with van der Waals surface area (Å²) >= 11 is 0. The Balaban J connectivity index is 2.46. The number of allylic oxidation sites excluding steroid dienone is 3. The van der Waals surface area contributed by atoms with Gasteiger partial charge in [0.15, 0.2) is 0 Å². The van der Waals surface area contributed by atoms with Crippen molar-refractivity contribution >= 4 is 9.84 Å². The largest absolute Gasteiger partial charge is 0.501 e. The van der Waals surface area contributed by atoms with Crippen LogP contribution >= 0.6 is 0 Å². The van der Waals surface area contributed by atoms with Gasteiger partial charge in [0.05, 0.1) is 22.8 Å². The quantitative estimate of drug-likeness (QED) is 0.837. The van der Waals surface area contributed by atoms with Gasteiger partial charge in [0.25, 0.3) is 9.84 Å². The molecule has 1 aromatic rings. The van der Waals surface area contributed by atoms with Crippen molar-refractivity contribution in [3.05, 3.63) is 59.0 Å². The molecule has 1 aliphatic carbocycles. The lowest BCUT2D eigenvalue weighted by Crippen LogP contribution is -2.26. The number of rotatable bonds is 3. The molecule has 0 saturated heterocycles. The van der Waals surface area contributed by atoms with Crippen LogP contribution in [0.2, 0.25) is 0 Å². The molecule has 0 aromatic carbocycles. The highest BCUT2D eigenvalue weighted by Crippen LogP contribution is 2.34. The SMILES string of the molecule is C=C1CCC(O)C/C(S(=O)(=O)C(F)(F)F)=C\C=C/1Oc1cncc(C#N)c1. The molecule has 1 aliphatic rings. The van der Waals surface area contributed by atoms with Gasteiger partial charge in [-0.3, -0.25) is 4.98 Å². The van der Waals surface area contributed by atoms with Gasteiger partial charge in [0.1, 0.15) is 17.6 Å². The fourth-order valence-electron chi connectivity index (χ4n) is 2.27. The van der Waals surface area contributed by atoms with Crippen LogP contribution in [0.25, 0.3) is 0 Å². The summed E-state index contributed by atoms with van der Waals surface area (Å²) in [6.07, 6.45) is 2.59. The van der Waals surface area contributed by atoms with Crippen LogP contribution in [0.3, 0.4) is 0 Å². The summed E-state index contributed by atoms with van der Waals surface area (Å²) in [6.45, 7) is 3.76. The first-order chi connectivity index (χ1) is 12.5. The monoisotopic (exact) mass is 400 g/mol. The normalized spacial score (nSPS) is 22.9. The molecule has 0 aliphatic heterocycles. The van der Waals surface area contributed by atoms with E-state index in [0.717, 1.165) is 12.2 Å². The maximum absolute atomic E-state index is 12.9. The zero-order chi connectivity index (χ0) is 20.2. The average molecular weight is 400 g/mol. The first kappa shape index (κ1) is 20.7. The summed E-state index contributed by atoms with van der Waals surface area (Å²) in [7, 11) is -5.60. The van der Waals surface area contributed by atoms with Gasteiger partial charge in [-0.2, -0.15) is 18.4 Å². The Morgan fingerprint density at radius 1 is 1.33 bits per heavy atom. The van der Waals surface area contributed by atoms with Crippen molar-refractivity contribution in [2.75, 3.05) is 0 Å². The molecule has 6 nitrogen and oxygen atoms in total. The van der Waals surface area contributed by atoms with E-state index in [4.69, 9.17) is 10.00 Å². The van der Waals surface area contributed by atoms with Crippen LogP contribution < -0.4 is 4.74 Å². The van der Waals surface area contributed by atoms with Crippen molar-refractivity contribution in [3.8, 4) is 11.8 Å². The van der Waals surface area contributed by atoms with E-state index in [2.05, 4.69) is 11.6 Å². The third-order valence-corrected chi connectivity index (χ3v) is 5.31. The van der Waals surface area contributed by atoms with Crippen molar-refractivity contribution < 1.29 is 31.4 Å². The number of pyridine rings is 1. The maximum Gasteiger partial charge on any atom is 0.501 e. The molecule has 1 aromatic heterocycles. The number of sulfone groups is 1. The van der Waals surface area contributed by atoms with Gasteiger partial charge < -0.3 is 9.84 Å². The molecule has 1 atom stereocenters. The molecule has 2 rings (SSSR count). The summed E-state index contributed by atoms with van der Waals surface area (Å²) in [5.74, 6) is 0.144. The molecule has 0 saturated carbocycles. The highest BCUT2D eigenvalue weighted by Gasteiger charge is 2.48. The highest BCUT2D eigenvalue weighted by molar-refractivity contribution is 7.96. The van der Waals surface area contributed by atoms with Crippen LogP contribution in [0.4, 0.5) is 13.2 Å². The van der Waals surface area contributed by atoms with Gasteiger partial charge in [-0.05, 0) is 30.6 Å². The Morgan fingerprint density at radius 2 is 2.04 bits per heavy atom. The molecule has 0 radical (unpaired) electrons. The van der Waals surface area contributed by atoms with E-state index in [-0.39, 0.29) is 29.9 Å². The van der Waals surface area contributed by atoms with Crippen LogP contribution in [-0.2, 0) is 9.84 Å². The Kier molecular flexibility index (Phi) is 6.08. The second-order valence-corrected chi connectivity index (χ2v) is 7.73. The number of nitriles is 1. The molecule has 27 heavy (non-hydrogen) atoms. The molecule has 0 fully saturated rings. The maximum atomic E-state index is 12.9. The van der Waals surface area contributed by atoms with Crippen LogP contribution in [0.1, 0.15) is 24.8 Å². The molecule has 144 valence electrons. The summed E-state index contributed by atoms with van der Waals surface area (Å²) < 4.78 is 67.6. The fourth-order valence-corrected chi connectivity index (χ4v) is 3.23. The van der Waals surface area contributed by atoms with Crippen LogP contribution in [0.5, 0.6) is 5.75 Å². The lowest BCUT2D eigenvalue weighted by Gasteiger charge is -2.15. The van der Waals surface area contributed by atoms with Gasteiger partial charge in [-0.1, -0.05) is 6.58 Å². The summed E-state index contributed by atoms with van der Waals surface area (Å²) in [4.78, 5) is 2.83. The lowest BCUT2D eigenvalue weighted by molar-refractivity contribution is -0.0428. The number of hydrogen-bond donors (Lipinski definition) is 1. The van der Waals surface area contributed by atoms with Crippen LogP contribution in [-0.4, -0.2) is 30.1 Å². The third kappa shape index (κ3) is 4.96. The molecule has 0 bridgehead atoms. The molecule has 0 amide bonds. The Bertz CT molecular complexity index is 944. The number of aliphatic hydroxyl groups excluding tert-OH is 1. The molecular formula is C17H15F3N2O4S. The van der Waals surface area contributed by atoms with Crippen molar-refractivity contribution in [1.82, 2.24) is 4.98 Å². The first-order valence-corrected chi connectivity index (χ1v) is 9.14. The molecule has 0 spiro atoms. The van der Waals surface area contributed by atoms with E-state index in [1.807, 2.05) is 6.07 Å². The number of aromatic nitrogens is 1. The highest BCUT2D eigenvalue weighted by atomic mass is 32.2. The molecule has 1 unspecified atom stereocenters. The van der Waals surface area contributed by atoms with E-state index in [9.17, 15) is 26.7 Å². The summed E-state index contributed by atoms with van der Waals surface area (Å²) in [5, 5.41) is 18.8. The number of ether oxygens (including phenoxy) is 1. The zero-order valence-corrected chi connectivity index (χ0v) is 14.7. The number of aliphatic hydroxyl groups is 1. The lowest BCUT2D eigenvalue weighted by atomic mass is 10.1. The minimum absolute atomic E-state index is 0.000730. The minimum atomic E-state index is -5.60. The van der Waals surface area contributed by atoms with E-state index in [1.165, 1.54) is 18.5 Å². The second kappa shape index (κ2) is 7.94. The van der Waals surface area contributed by atoms with Crippen molar-refractivity contribution in [1.29, 1.82) is 5.26 Å². The Morgan fingerprint density at radius 3 is 2.67 bits per heavy atom. The van der Waals surface area contributed by atoms with Crippen molar-refractivity contribution in [2.24, 2.45) is 0 Å². The predicted octanol–water partition coefficient (Wildman–Crippen LogP) is 3.14. The van der Waals surface area contributed by atoms with E-state index >= 15 is 0 Å². The standard InChI is InChI=1S/C17H15F3N2O4S/c1-11-2-3-13(23)7-15(27(24,25)17(18,19)20)4-5-16(11)26-14-6-12(8-21)9-22-10-14/h4-6,9-10,13,23H,1-3,7H2/b15-4+,16-5+. The van der Waals surface area contributed by atoms with Gasteiger partial charge in [0, 0.05) is 18.7 Å². The van der Waals surface area contributed by atoms with E-state index in [1.54, 1.807) is 0 Å².